The van der Waals surface area contributed by atoms with Gasteiger partial charge in [0.05, 0.1) is 17.8 Å². The van der Waals surface area contributed by atoms with Crippen LogP contribution in [0.4, 0.5) is 11.5 Å². The van der Waals surface area contributed by atoms with Crippen LogP contribution >= 0.6 is 11.6 Å². The highest BCUT2D eigenvalue weighted by Crippen LogP contribution is 2.30. The fourth-order valence-corrected chi connectivity index (χ4v) is 2.30. The summed E-state index contributed by atoms with van der Waals surface area (Å²) in [4.78, 5) is 8.51. The van der Waals surface area contributed by atoms with Crippen LogP contribution in [0.1, 0.15) is 6.92 Å². The zero-order valence-electron chi connectivity index (χ0n) is 11.5. The minimum absolute atomic E-state index is 0.213. The highest BCUT2D eigenvalue weighted by atomic mass is 35.5. The van der Waals surface area contributed by atoms with E-state index in [9.17, 15) is 0 Å². The van der Waals surface area contributed by atoms with Crippen molar-refractivity contribution in [3.63, 3.8) is 0 Å². The van der Waals surface area contributed by atoms with Gasteiger partial charge in [-0.3, -0.25) is 0 Å². The van der Waals surface area contributed by atoms with Crippen LogP contribution in [0.5, 0.6) is 5.75 Å². The predicted molar refractivity (Wildman–Crippen MR) is 85.4 cm³/mol. The van der Waals surface area contributed by atoms with Crippen LogP contribution in [0.15, 0.2) is 48.5 Å². The molecular formula is C16H14ClN3O. The molecule has 1 heterocycles. The first-order valence-corrected chi connectivity index (χ1v) is 7.07. The number of hydrogen-bond donors (Lipinski definition) is 1. The van der Waals surface area contributed by atoms with Crippen molar-refractivity contribution in [1.29, 1.82) is 0 Å². The number of aromatic nitrogens is 2. The quantitative estimate of drug-likeness (QED) is 0.724. The molecule has 0 radical (unpaired) electrons. The second kappa shape index (κ2) is 5.97. The standard InChI is InChI=1S/C16H14ClN3O/c1-2-21-14-10-6-5-9-13(14)18-15-11-7-3-4-8-12(11)19-16(17)20-15/h3-10H,2H2,1H3,(H,18,19,20). The van der Waals surface area contributed by atoms with E-state index in [4.69, 9.17) is 16.3 Å². The molecule has 0 aliphatic heterocycles. The number of anilines is 2. The van der Waals surface area contributed by atoms with Gasteiger partial charge in [0.2, 0.25) is 5.28 Å². The summed E-state index contributed by atoms with van der Waals surface area (Å²) in [6.07, 6.45) is 0. The first-order valence-electron chi connectivity index (χ1n) is 6.69. The molecule has 5 heteroatoms. The van der Waals surface area contributed by atoms with Crippen LogP contribution in [0, 0.1) is 0 Å². The van der Waals surface area contributed by atoms with Crippen molar-refractivity contribution in [1.82, 2.24) is 9.97 Å². The third kappa shape index (κ3) is 2.90. The van der Waals surface area contributed by atoms with E-state index in [0.29, 0.717) is 12.4 Å². The number of benzene rings is 2. The maximum Gasteiger partial charge on any atom is 0.224 e. The smallest absolute Gasteiger partial charge is 0.224 e. The van der Waals surface area contributed by atoms with Gasteiger partial charge in [0.1, 0.15) is 11.6 Å². The topological polar surface area (TPSA) is 47.0 Å². The van der Waals surface area contributed by atoms with Crippen molar-refractivity contribution in [2.24, 2.45) is 0 Å². The minimum atomic E-state index is 0.213. The molecule has 0 aliphatic rings. The van der Waals surface area contributed by atoms with E-state index >= 15 is 0 Å². The number of fused-ring (bicyclic) bond motifs is 1. The van der Waals surface area contributed by atoms with Crippen LogP contribution in [0.25, 0.3) is 10.9 Å². The van der Waals surface area contributed by atoms with Crippen molar-refractivity contribution in [2.45, 2.75) is 6.92 Å². The normalized spacial score (nSPS) is 10.6. The number of hydrogen-bond acceptors (Lipinski definition) is 4. The lowest BCUT2D eigenvalue weighted by molar-refractivity contribution is 0.342. The van der Waals surface area contributed by atoms with E-state index in [-0.39, 0.29) is 5.28 Å². The molecule has 0 bridgehead atoms. The molecule has 106 valence electrons. The van der Waals surface area contributed by atoms with E-state index in [1.54, 1.807) is 0 Å². The lowest BCUT2D eigenvalue weighted by Gasteiger charge is -2.13. The zero-order valence-corrected chi connectivity index (χ0v) is 12.3. The summed E-state index contributed by atoms with van der Waals surface area (Å²) in [6, 6.07) is 15.5. The summed E-state index contributed by atoms with van der Waals surface area (Å²) >= 11 is 6.00. The molecule has 0 amide bonds. The highest BCUT2D eigenvalue weighted by molar-refractivity contribution is 6.28. The van der Waals surface area contributed by atoms with Crippen molar-refractivity contribution >= 4 is 34.0 Å². The molecule has 1 N–H and O–H groups in total. The number of halogens is 1. The number of rotatable bonds is 4. The summed E-state index contributed by atoms with van der Waals surface area (Å²) in [6.45, 7) is 2.55. The summed E-state index contributed by atoms with van der Waals surface area (Å²) in [5.41, 5.74) is 1.65. The highest BCUT2D eigenvalue weighted by Gasteiger charge is 2.09. The Kier molecular flexibility index (Phi) is 3.88. The molecule has 0 fully saturated rings. The monoisotopic (exact) mass is 299 g/mol. The fraction of sp³-hybridized carbons (Fsp3) is 0.125. The zero-order chi connectivity index (χ0) is 14.7. The predicted octanol–water partition coefficient (Wildman–Crippen LogP) is 4.43. The number of para-hydroxylation sites is 3. The average Bonchev–Trinajstić information content (AvgIpc) is 2.49. The molecule has 0 unspecified atom stereocenters. The second-order valence-electron chi connectivity index (χ2n) is 4.41. The Bertz CT molecular complexity index is 776. The van der Waals surface area contributed by atoms with E-state index in [1.165, 1.54) is 0 Å². The largest absolute Gasteiger partial charge is 0.492 e. The molecule has 0 aliphatic carbocycles. The molecule has 21 heavy (non-hydrogen) atoms. The fourth-order valence-electron chi connectivity index (χ4n) is 2.12. The Labute approximate surface area is 127 Å². The molecule has 0 spiro atoms. The number of nitrogens with zero attached hydrogens (tertiary/aromatic N) is 2. The van der Waals surface area contributed by atoms with Crippen molar-refractivity contribution in [2.75, 3.05) is 11.9 Å². The van der Waals surface area contributed by atoms with Crippen LogP contribution in [0.2, 0.25) is 5.28 Å². The van der Waals surface area contributed by atoms with Gasteiger partial charge in [0, 0.05) is 5.39 Å². The second-order valence-corrected chi connectivity index (χ2v) is 4.75. The van der Waals surface area contributed by atoms with Gasteiger partial charge in [-0.25, -0.2) is 4.98 Å². The maximum absolute atomic E-state index is 6.00. The van der Waals surface area contributed by atoms with Gasteiger partial charge in [-0.05, 0) is 42.8 Å². The number of nitrogens with one attached hydrogen (secondary N) is 1. The third-order valence-electron chi connectivity index (χ3n) is 3.02. The summed E-state index contributed by atoms with van der Waals surface area (Å²) in [7, 11) is 0. The Balaban J connectivity index is 2.06. The Morgan fingerprint density at radius 3 is 2.67 bits per heavy atom. The molecule has 4 nitrogen and oxygen atoms in total. The van der Waals surface area contributed by atoms with E-state index in [0.717, 1.165) is 22.3 Å². The van der Waals surface area contributed by atoms with Crippen LogP contribution in [0.3, 0.4) is 0 Å². The van der Waals surface area contributed by atoms with Gasteiger partial charge in [0.25, 0.3) is 0 Å². The average molecular weight is 300 g/mol. The summed E-state index contributed by atoms with van der Waals surface area (Å²) in [5, 5.41) is 4.40. The third-order valence-corrected chi connectivity index (χ3v) is 3.18. The minimum Gasteiger partial charge on any atom is -0.492 e. The molecule has 3 aromatic rings. The van der Waals surface area contributed by atoms with Crippen molar-refractivity contribution in [3.05, 3.63) is 53.8 Å². The molecule has 1 aromatic heterocycles. The Morgan fingerprint density at radius 1 is 1.05 bits per heavy atom. The summed E-state index contributed by atoms with van der Waals surface area (Å²) in [5.74, 6) is 1.44. The van der Waals surface area contributed by atoms with E-state index < -0.39 is 0 Å². The van der Waals surface area contributed by atoms with Gasteiger partial charge < -0.3 is 10.1 Å². The van der Waals surface area contributed by atoms with Gasteiger partial charge in [-0.15, -0.1) is 0 Å². The maximum atomic E-state index is 6.00. The number of ether oxygens (including phenoxy) is 1. The first-order chi connectivity index (χ1) is 10.3. The molecule has 0 atom stereocenters. The van der Waals surface area contributed by atoms with E-state index in [1.807, 2.05) is 55.5 Å². The molecule has 3 rings (SSSR count). The van der Waals surface area contributed by atoms with Gasteiger partial charge in [-0.1, -0.05) is 24.3 Å². The summed E-state index contributed by atoms with van der Waals surface area (Å²) < 4.78 is 5.61. The molecule has 2 aromatic carbocycles. The van der Waals surface area contributed by atoms with Crippen molar-refractivity contribution in [3.8, 4) is 5.75 Å². The molecule has 0 saturated heterocycles. The van der Waals surface area contributed by atoms with Crippen LogP contribution in [-0.4, -0.2) is 16.6 Å². The van der Waals surface area contributed by atoms with Gasteiger partial charge in [0.15, 0.2) is 0 Å². The lowest BCUT2D eigenvalue weighted by Crippen LogP contribution is -2.00. The molecular weight excluding hydrogens is 286 g/mol. The van der Waals surface area contributed by atoms with Crippen molar-refractivity contribution < 1.29 is 4.74 Å². The molecule has 0 saturated carbocycles. The first kappa shape index (κ1) is 13.6. The van der Waals surface area contributed by atoms with Gasteiger partial charge >= 0.3 is 0 Å². The Hall–Kier alpha value is -2.33. The Morgan fingerprint density at radius 2 is 1.81 bits per heavy atom. The SMILES string of the molecule is CCOc1ccccc1Nc1nc(Cl)nc2ccccc12. The van der Waals surface area contributed by atoms with Crippen LogP contribution in [-0.2, 0) is 0 Å². The van der Waals surface area contributed by atoms with Gasteiger partial charge in [-0.2, -0.15) is 4.98 Å². The lowest BCUT2D eigenvalue weighted by atomic mass is 10.2. The van der Waals surface area contributed by atoms with E-state index in [2.05, 4.69) is 15.3 Å². The van der Waals surface area contributed by atoms with Crippen LogP contribution < -0.4 is 10.1 Å².